The maximum absolute atomic E-state index is 11.9. The SMILES string of the molecule is NCC1CC(=O)N(C(Cc2ccccc2)C(=O)O)C1. The van der Waals surface area contributed by atoms with E-state index in [4.69, 9.17) is 5.73 Å². The molecule has 19 heavy (non-hydrogen) atoms. The van der Waals surface area contributed by atoms with Crippen molar-refractivity contribution in [3.8, 4) is 0 Å². The Kier molecular flexibility index (Phi) is 4.16. The van der Waals surface area contributed by atoms with E-state index in [0.717, 1.165) is 5.56 Å². The topological polar surface area (TPSA) is 83.6 Å². The van der Waals surface area contributed by atoms with Crippen LogP contribution in [0.25, 0.3) is 0 Å². The van der Waals surface area contributed by atoms with Crippen molar-refractivity contribution in [3.63, 3.8) is 0 Å². The molecule has 1 aliphatic heterocycles. The minimum atomic E-state index is -0.963. The Morgan fingerprint density at radius 3 is 2.63 bits per heavy atom. The second kappa shape index (κ2) is 5.84. The molecule has 2 rings (SSSR count). The van der Waals surface area contributed by atoms with E-state index in [-0.39, 0.29) is 11.8 Å². The van der Waals surface area contributed by atoms with Gasteiger partial charge >= 0.3 is 5.97 Å². The number of amides is 1. The third-order valence-corrected chi connectivity index (χ3v) is 3.51. The van der Waals surface area contributed by atoms with Crippen molar-refractivity contribution in [3.05, 3.63) is 35.9 Å². The summed E-state index contributed by atoms with van der Waals surface area (Å²) in [5, 5.41) is 9.35. The molecule has 2 atom stereocenters. The summed E-state index contributed by atoms with van der Waals surface area (Å²) in [6.07, 6.45) is 0.689. The van der Waals surface area contributed by atoms with Crippen molar-refractivity contribution < 1.29 is 14.7 Å². The van der Waals surface area contributed by atoms with Gasteiger partial charge in [-0.2, -0.15) is 0 Å². The molecule has 0 saturated carbocycles. The van der Waals surface area contributed by atoms with E-state index >= 15 is 0 Å². The van der Waals surface area contributed by atoms with Crippen LogP contribution in [-0.4, -0.2) is 41.0 Å². The van der Waals surface area contributed by atoms with Crippen LogP contribution in [0.2, 0.25) is 0 Å². The highest BCUT2D eigenvalue weighted by atomic mass is 16.4. The van der Waals surface area contributed by atoms with Crippen LogP contribution in [0, 0.1) is 5.92 Å². The number of benzene rings is 1. The summed E-state index contributed by atoms with van der Waals surface area (Å²) in [6.45, 7) is 0.860. The zero-order valence-corrected chi connectivity index (χ0v) is 10.7. The van der Waals surface area contributed by atoms with Crippen molar-refractivity contribution >= 4 is 11.9 Å². The molecule has 1 fully saturated rings. The van der Waals surface area contributed by atoms with Gasteiger partial charge in [0.2, 0.25) is 5.91 Å². The number of carboxylic acid groups (broad SMARTS) is 1. The van der Waals surface area contributed by atoms with Crippen LogP contribution in [0.3, 0.4) is 0 Å². The number of carbonyl (C=O) groups is 2. The number of rotatable bonds is 5. The van der Waals surface area contributed by atoms with Gasteiger partial charge in [-0.25, -0.2) is 4.79 Å². The van der Waals surface area contributed by atoms with Crippen LogP contribution in [-0.2, 0) is 16.0 Å². The third-order valence-electron chi connectivity index (χ3n) is 3.51. The maximum atomic E-state index is 11.9. The van der Waals surface area contributed by atoms with Gasteiger partial charge in [0.05, 0.1) is 0 Å². The Morgan fingerprint density at radius 1 is 1.42 bits per heavy atom. The highest BCUT2D eigenvalue weighted by molar-refractivity contribution is 5.85. The predicted octanol–water partition coefficient (Wildman–Crippen LogP) is 0.489. The third kappa shape index (κ3) is 3.12. The normalized spacial score (nSPS) is 20.6. The molecule has 0 radical (unpaired) electrons. The summed E-state index contributed by atoms with van der Waals surface area (Å²) in [5.74, 6) is -1.00. The molecule has 3 N–H and O–H groups in total. The minimum Gasteiger partial charge on any atom is -0.480 e. The summed E-state index contributed by atoms with van der Waals surface area (Å²) in [5.41, 5.74) is 6.48. The van der Waals surface area contributed by atoms with Crippen LogP contribution in [0.5, 0.6) is 0 Å². The lowest BCUT2D eigenvalue weighted by molar-refractivity contribution is -0.148. The average molecular weight is 262 g/mol. The quantitative estimate of drug-likeness (QED) is 0.809. The lowest BCUT2D eigenvalue weighted by Gasteiger charge is -2.24. The number of nitrogens with zero attached hydrogens (tertiary/aromatic N) is 1. The minimum absolute atomic E-state index is 0.0742. The summed E-state index contributed by atoms with van der Waals surface area (Å²) in [6, 6.07) is 8.55. The smallest absolute Gasteiger partial charge is 0.326 e. The average Bonchev–Trinajstić information content (AvgIpc) is 2.78. The van der Waals surface area contributed by atoms with Gasteiger partial charge < -0.3 is 15.7 Å². The zero-order chi connectivity index (χ0) is 13.8. The Morgan fingerprint density at radius 2 is 2.11 bits per heavy atom. The first-order chi connectivity index (χ1) is 9.11. The molecule has 0 bridgehead atoms. The number of likely N-dealkylation sites (tertiary alicyclic amines) is 1. The Hall–Kier alpha value is -1.88. The van der Waals surface area contributed by atoms with Crippen molar-refractivity contribution in [1.82, 2.24) is 4.90 Å². The summed E-state index contributed by atoms with van der Waals surface area (Å²) < 4.78 is 0. The summed E-state index contributed by atoms with van der Waals surface area (Å²) in [4.78, 5) is 24.7. The molecule has 1 aromatic rings. The number of aliphatic carboxylic acids is 1. The first-order valence-electron chi connectivity index (χ1n) is 6.38. The second-order valence-corrected chi connectivity index (χ2v) is 4.90. The molecule has 0 spiro atoms. The highest BCUT2D eigenvalue weighted by Crippen LogP contribution is 2.21. The van der Waals surface area contributed by atoms with Gasteiger partial charge in [-0.15, -0.1) is 0 Å². The lowest BCUT2D eigenvalue weighted by Crippen LogP contribution is -2.44. The molecular formula is C14H18N2O3. The van der Waals surface area contributed by atoms with Crippen molar-refractivity contribution in [2.75, 3.05) is 13.1 Å². The molecule has 1 amide bonds. The van der Waals surface area contributed by atoms with Gasteiger partial charge in [-0.3, -0.25) is 4.79 Å². The number of hydrogen-bond donors (Lipinski definition) is 2. The monoisotopic (exact) mass is 262 g/mol. The van der Waals surface area contributed by atoms with Gasteiger partial charge in [0.15, 0.2) is 0 Å². The molecule has 1 aliphatic rings. The standard InChI is InChI=1S/C14H18N2O3/c15-8-11-7-13(17)16(9-11)12(14(18)19)6-10-4-2-1-3-5-10/h1-5,11-12H,6-9,15H2,(H,18,19). The zero-order valence-electron chi connectivity index (χ0n) is 10.7. The molecule has 5 heteroatoms. The van der Waals surface area contributed by atoms with Crippen molar-refractivity contribution in [2.24, 2.45) is 11.7 Å². The largest absolute Gasteiger partial charge is 0.480 e. The van der Waals surface area contributed by atoms with E-state index in [0.29, 0.717) is 25.9 Å². The van der Waals surface area contributed by atoms with Crippen LogP contribution in [0.15, 0.2) is 30.3 Å². The second-order valence-electron chi connectivity index (χ2n) is 4.90. The van der Waals surface area contributed by atoms with E-state index < -0.39 is 12.0 Å². The van der Waals surface area contributed by atoms with Gasteiger partial charge in [-0.05, 0) is 18.0 Å². The Labute approximate surface area is 112 Å². The van der Waals surface area contributed by atoms with E-state index in [1.807, 2.05) is 30.3 Å². The first kappa shape index (κ1) is 13.5. The Balaban J connectivity index is 2.13. The van der Waals surface area contributed by atoms with E-state index in [1.54, 1.807) is 0 Å². The predicted molar refractivity (Wildman–Crippen MR) is 70.4 cm³/mol. The molecule has 0 aliphatic carbocycles. The van der Waals surface area contributed by atoms with Gasteiger partial charge in [0.25, 0.3) is 0 Å². The fourth-order valence-corrected chi connectivity index (χ4v) is 2.44. The number of hydrogen-bond acceptors (Lipinski definition) is 3. The Bertz CT molecular complexity index is 461. The highest BCUT2D eigenvalue weighted by Gasteiger charge is 2.37. The van der Waals surface area contributed by atoms with Crippen LogP contribution in [0.4, 0.5) is 0 Å². The van der Waals surface area contributed by atoms with Crippen LogP contribution < -0.4 is 5.73 Å². The van der Waals surface area contributed by atoms with Crippen LogP contribution in [0.1, 0.15) is 12.0 Å². The first-order valence-corrected chi connectivity index (χ1v) is 6.38. The van der Waals surface area contributed by atoms with Gasteiger partial charge in [0.1, 0.15) is 6.04 Å². The molecule has 1 saturated heterocycles. The lowest BCUT2D eigenvalue weighted by atomic mass is 10.0. The molecule has 0 aromatic heterocycles. The van der Waals surface area contributed by atoms with Gasteiger partial charge in [-0.1, -0.05) is 30.3 Å². The summed E-state index contributed by atoms with van der Waals surface area (Å²) in [7, 11) is 0. The number of nitrogens with two attached hydrogens (primary N) is 1. The molecule has 102 valence electrons. The molecular weight excluding hydrogens is 244 g/mol. The fraction of sp³-hybridized carbons (Fsp3) is 0.429. The van der Waals surface area contributed by atoms with E-state index in [9.17, 15) is 14.7 Å². The van der Waals surface area contributed by atoms with Gasteiger partial charge in [0, 0.05) is 19.4 Å². The van der Waals surface area contributed by atoms with Crippen molar-refractivity contribution in [2.45, 2.75) is 18.9 Å². The molecule has 1 heterocycles. The fourth-order valence-electron chi connectivity index (χ4n) is 2.44. The maximum Gasteiger partial charge on any atom is 0.326 e. The van der Waals surface area contributed by atoms with E-state index in [1.165, 1.54) is 4.90 Å². The molecule has 2 unspecified atom stereocenters. The van der Waals surface area contributed by atoms with Crippen molar-refractivity contribution in [1.29, 1.82) is 0 Å². The van der Waals surface area contributed by atoms with E-state index in [2.05, 4.69) is 0 Å². The number of carboxylic acids is 1. The summed E-state index contributed by atoms with van der Waals surface area (Å²) >= 11 is 0. The molecule has 1 aromatic carbocycles. The number of carbonyl (C=O) groups excluding carboxylic acids is 1. The molecule has 5 nitrogen and oxygen atoms in total. The van der Waals surface area contributed by atoms with Crippen LogP contribution >= 0.6 is 0 Å².